The predicted molar refractivity (Wildman–Crippen MR) is 184 cm³/mol. The third-order valence-electron chi connectivity index (χ3n) is 7.91. The fourth-order valence-corrected chi connectivity index (χ4v) is 6.46. The molecule has 0 unspecified atom stereocenters. The first-order chi connectivity index (χ1) is 24.8. The summed E-state index contributed by atoms with van der Waals surface area (Å²) < 4.78 is 77.7. The predicted octanol–water partition coefficient (Wildman–Crippen LogP) is 6.26. The van der Waals surface area contributed by atoms with Gasteiger partial charge in [0.15, 0.2) is 0 Å². The summed E-state index contributed by atoms with van der Waals surface area (Å²) in [5.41, 5.74) is 2.40. The second kappa shape index (κ2) is 21.7. The van der Waals surface area contributed by atoms with E-state index < -0.39 is 24.3 Å². The number of carboxylic acids is 2. The summed E-state index contributed by atoms with van der Waals surface area (Å²) in [5, 5.41) is 31.4. The zero-order valence-corrected chi connectivity index (χ0v) is 29.8. The molecule has 3 aromatic rings. The van der Waals surface area contributed by atoms with Crippen LogP contribution in [-0.2, 0) is 27.2 Å². The number of aromatic hydroxyl groups is 1. The molecule has 2 aromatic carbocycles. The molecule has 0 bridgehead atoms. The largest absolute Gasteiger partial charge is 0.506 e. The van der Waals surface area contributed by atoms with Crippen molar-refractivity contribution < 1.29 is 60.4 Å². The minimum Gasteiger partial charge on any atom is -0.506 e. The minimum absolute atomic E-state index is 0.0932. The number of alkyl halides is 6. The molecule has 11 nitrogen and oxygen atoms in total. The smallest absolute Gasteiger partial charge is 0.490 e. The van der Waals surface area contributed by atoms with Gasteiger partial charge >= 0.3 is 29.2 Å². The average molecular weight is 805 g/mol. The van der Waals surface area contributed by atoms with Crippen molar-refractivity contribution in [3.63, 3.8) is 0 Å². The maximum atomic E-state index is 13.4. The highest BCUT2D eigenvalue weighted by atomic mass is 35.5. The highest BCUT2D eigenvalue weighted by Crippen LogP contribution is 2.28. The number of hydrogen-bond acceptors (Lipinski definition) is 8. The highest BCUT2D eigenvalue weighted by molar-refractivity contribution is 7.16. The fourth-order valence-electron chi connectivity index (χ4n) is 5.30. The van der Waals surface area contributed by atoms with Gasteiger partial charge in [0.1, 0.15) is 17.1 Å². The van der Waals surface area contributed by atoms with Crippen molar-refractivity contribution in [1.82, 2.24) is 20.5 Å². The van der Waals surface area contributed by atoms with Crippen molar-refractivity contribution in [2.24, 2.45) is 0 Å². The van der Waals surface area contributed by atoms with Crippen molar-refractivity contribution in [2.75, 3.05) is 32.7 Å². The Bertz CT molecular complexity index is 1670. The van der Waals surface area contributed by atoms with Crippen LogP contribution in [0.5, 0.6) is 5.75 Å². The van der Waals surface area contributed by atoms with Crippen molar-refractivity contribution >= 4 is 51.0 Å². The molecule has 0 spiro atoms. The molecule has 1 amide bonds. The van der Waals surface area contributed by atoms with Gasteiger partial charge in [0.05, 0.1) is 4.70 Å². The summed E-state index contributed by atoms with van der Waals surface area (Å²) in [4.78, 5) is 47.3. The summed E-state index contributed by atoms with van der Waals surface area (Å²) >= 11 is 7.36. The molecule has 1 aliphatic rings. The number of thiazole rings is 1. The molecule has 1 heterocycles. The second-order valence-electron chi connectivity index (χ2n) is 11.8. The normalized spacial score (nSPS) is 13.7. The van der Waals surface area contributed by atoms with E-state index in [4.69, 9.17) is 31.4 Å². The first-order valence-electron chi connectivity index (χ1n) is 16.4. The van der Waals surface area contributed by atoms with Crippen molar-refractivity contribution in [3.05, 3.63) is 62.0 Å². The van der Waals surface area contributed by atoms with Crippen LogP contribution in [0.3, 0.4) is 0 Å². The van der Waals surface area contributed by atoms with E-state index >= 15 is 0 Å². The molecule has 0 aliphatic heterocycles. The van der Waals surface area contributed by atoms with E-state index in [-0.39, 0.29) is 28.4 Å². The van der Waals surface area contributed by atoms with Gasteiger partial charge in [-0.3, -0.25) is 9.59 Å². The van der Waals surface area contributed by atoms with Gasteiger partial charge in [-0.15, -0.1) is 0 Å². The standard InChI is InChI=1S/C29H38ClFN4O3S.2C2HF3O2/c30-24-19-22(31)9-7-20(24)13-18-35(23-5-3-1-2-4-6-23)26(37)12-15-33-17-16-32-14-11-21-8-10-25(36)27-28(21)39-29(38)34-27;2*3-2(4,5)1(6)7/h7-10,19,23,32-33,36H,1-6,11-18H2,(H,34,38);2*(H,6,7). The number of hydrogen-bond donors (Lipinski definition) is 6. The van der Waals surface area contributed by atoms with Crippen LogP contribution in [0.25, 0.3) is 10.2 Å². The molecule has 296 valence electrons. The molecule has 53 heavy (non-hydrogen) atoms. The number of nitrogens with one attached hydrogen (secondary N) is 3. The quantitative estimate of drug-likeness (QED) is 0.0663. The van der Waals surface area contributed by atoms with Gasteiger partial charge in [0.25, 0.3) is 0 Å². The number of phenolic OH excluding ortho intramolecular Hbond substituents is 1. The Morgan fingerprint density at radius 1 is 0.849 bits per heavy atom. The monoisotopic (exact) mass is 804 g/mol. The van der Waals surface area contributed by atoms with Gasteiger partial charge in [-0.2, -0.15) is 26.3 Å². The summed E-state index contributed by atoms with van der Waals surface area (Å²) in [7, 11) is 0. The van der Waals surface area contributed by atoms with Gasteiger partial charge in [0, 0.05) is 43.7 Å². The van der Waals surface area contributed by atoms with E-state index in [1.165, 1.54) is 25.0 Å². The lowest BCUT2D eigenvalue weighted by atomic mass is 10.0. The molecular weight excluding hydrogens is 765 g/mol. The van der Waals surface area contributed by atoms with E-state index in [1.807, 2.05) is 11.0 Å². The molecule has 0 atom stereocenters. The van der Waals surface area contributed by atoms with E-state index in [9.17, 15) is 45.4 Å². The molecule has 0 saturated heterocycles. The molecule has 6 N–H and O–H groups in total. The maximum Gasteiger partial charge on any atom is 0.490 e. The lowest BCUT2D eigenvalue weighted by Crippen LogP contribution is -2.42. The number of nitrogens with zero attached hydrogens (tertiary/aromatic N) is 1. The Morgan fingerprint density at radius 2 is 1.40 bits per heavy atom. The van der Waals surface area contributed by atoms with Crippen molar-refractivity contribution in [1.29, 1.82) is 0 Å². The summed E-state index contributed by atoms with van der Waals surface area (Å²) in [5.74, 6) is -5.62. The number of aromatic amines is 1. The topological polar surface area (TPSA) is 172 Å². The highest BCUT2D eigenvalue weighted by Gasteiger charge is 2.39. The van der Waals surface area contributed by atoms with Gasteiger partial charge in [-0.05, 0) is 61.6 Å². The number of halogens is 8. The third-order valence-corrected chi connectivity index (χ3v) is 9.22. The zero-order chi connectivity index (χ0) is 39.8. The molecular formula is C33H40ClF7N4O7S. The van der Waals surface area contributed by atoms with Crippen LogP contribution >= 0.6 is 22.9 Å². The molecule has 1 aliphatic carbocycles. The number of benzene rings is 2. The summed E-state index contributed by atoms with van der Waals surface area (Å²) in [6.07, 6.45) is -1.56. The van der Waals surface area contributed by atoms with Crippen LogP contribution in [0.15, 0.2) is 35.1 Å². The van der Waals surface area contributed by atoms with Gasteiger partial charge < -0.3 is 35.8 Å². The minimum atomic E-state index is -5.08. The molecule has 4 rings (SSSR count). The molecule has 1 fully saturated rings. The lowest BCUT2D eigenvalue weighted by Gasteiger charge is -2.32. The Hall–Kier alpha value is -3.94. The zero-order valence-electron chi connectivity index (χ0n) is 28.2. The first kappa shape index (κ1) is 45.2. The second-order valence-corrected chi connectivity index (χ2v) is 13.2. The van der Waals surface area contributed by atoms with E-state index in [0.717, 1.165) is 78.9 Å². The number of phenols is 1. The number of carbonyl (C=O) groups excluding carboxylic acids is 1. The Labute approximate surface area is 308 Å². The Balaban J connectivity index is 0.000000587. The number of fused-ring (bicyclic) bond motifs is 1. The number of H-pyrrole nitrogens is 1. The Morgan fingerprint density at radius 3 is 1.94 bits per heavy atom. The molecule has 1 saturated carbocycles. The Kier molecular flexibility index (Phi) is 18.5. The van der Waals surface area contributed by atoms with Crippen molar-refractivity contribution in [2.45, 2.75) is 76.2 Å². The average Bonchev–Trinajstić information content (AvgIpc) is 3.27. The maximum absolute atomic E-state index is 13.4. The van der Waals surface area contributed by atoms with Gasteiger partial charge in [-0.1, -0.05) is 60.8 Å². The number of amides is 1. The SMILES string of the molecule is O=C(CCNCCNCCc1ccc(O)c2[nH]c(=O)sc12)N(CCc1ccc(F)cc1Cl)C1CCCCCC1.O=C(O)C(F)(F)F.O=C(O)C(F)(F)F. The van der Waals surface area contributed by atoms with Gasteiger partial charge in [-0.25, -0.2) is 14.0 Å². The number of rotatable bonds is 13. The summed E-state index contributed by atoms with van der Waals surface area (Å²) in [6, 6.07) is 8.20. The molecule has 20 heteroatoms. The number of aliphatic carboxylic acids is 2. The number of carbonyl (C=O) groups is 3. The fraction of sp³-hybridized carbons (Fsp3) is 0.515. The van der Waals surface area contributed by atoms with E-state index in [0.29, 0.717) is 36.5 Å². The van der Waals surface area contributed by atoms with Crippen LogP contribution in [0.4, 0.5) is 30.7 Å². The van der Waals surface area contributed by atoms with Gasteiger partial charge in [0.2, 0.25) is 5.91 Å². The van der Waals surface area contributed by atoms with Crippen molar-refractivity contribution in [3.8, 4) is 5.75 Å². The van der Waals surface area contributed by atoms with Crippen LogP contribution in [0, 0.1) is 5.82 Å². The van der Waals surface area contributed by atoms with E-state index in [1.54, 1.807) is 12.1 Å². The van der Waals surface area contributed by atoms with Crippen LogP contribution in [0.2, 0.25) is 5.02 Å². The molecule has 1 aromatic heterocycles. The number of aromatic nitrogens is 1. The first-order valence-corrected chi connectivity index (χ1v) is 17.6. The van der Waals surface area contributed by atoms with Crippen LogP contribution in [0.1, 0.15) is 56.1 Å². The summed E-state index contributed by atoms with van der Waals surface area (Å²) in [6.45, 7) is 3.44. The molecule has 0 radical (unpaired) electrons. The number of carboxylic acid groups (broad SMARTS) is 2. The van der Waals surface area contributed by atoms with Crippen LogP contribution < -0.4 is 15.5 Å². The van der Waals surface area contributed by atoms with Crippen LogP contribution in [-0.4, -0.2) is 94.2 Å². The lowest BCUT2D eigenvalue weighted by molar-refractivity contribution is -0.193. The van der Waals surface area contributed by atoms with E-state index in [2.05, 4.69) is 15.6 Å². The third kappa shape index (κ3) is 16.3.